The van der Waals surface area contributed by atoms with Crippen molar-refractivity contribution >= 4 is 11.0 Å². The molecule has 0 saturated carbocycles. The Labute approximate surface area is 193 Å². The van der Waals surface area contributed by atoms with Crippen molar-refractivity contribution in [3.63, 3.8) is 0 Å². The molecule has 4 heteroatoms. The summed E-state index contributed by atoms with van der Waals surface area (Å²) >= 11 is 0. The topological polar surface area (TPSA) is 41.1 Å². The average molecular weight is 434 g/mol. The first-order valence-electron chi connectivity index (χ1n) is 12.2. The third-order valence-corrected chi connectivity index (χ3v) is 7.06. The SMILES string of the molecule is CCCOC(C)(c1nc2ccccc2[nH]1)C1CCN(Cc2ccc(C(C)(C)C)cc2)CC1. The molecule has 2 aromatic carbocycles. The van der Waals surface area contributed by atoms with E-state index in [4.69, 9.17) is 9.72 Å². The van der Waals surface area contributed by atoms with Gasteiger partial charge in [-0.1, -0.05) is 64.1 Å². The summed E-state index contributed by atoms with van der Waals surface area (Å²) in [6.07, 6.45) is 3.26. The summed E-state index contributed by atoms with van der Waals surface area (Å²) in [4.78, 5) is 11.1. The highest BCUT2D eigenvalue weighted by Gasteiger charge is 2.41. The lowest BCUT2D eigenvalue weighted by Crippen LogP contribution is -2.44. The number of nitrogens with zero attached hydrogens (tertiary/aromatic N) is 2. The second kappa shape index (κ2) is 9.36. The van der Waals surface area contributed by atoms with Crippen LogP contribution in [-0.4, -0.2) is 34.6 Å². The van der Waals surface area contributed by atoms with Crippen LogP contribution in [0.2, 0.25) is 0 Å². The number of ether oxygens (including phenoxy) is 1. The molecule has 32 heavy (non-hydrogen) atoms. The van der Waals surface area contributed by atoms with Gasteiger partial charge >= 0.3 is 0 Å². The van der Waals surface area contributed by atoms with Gasteiger partial charge in [0.05, 0.1) is 11.0 Å². The van der Waals surface area contributed by atoms with Crippen molar-refractivity contribution in [2.45, 2.75) is 71.4 Å². The van der Waals surface area contributed by atoms with Gasteiger partial charge in [0.2, 0.25) is 0 Å². The summed E-state index contributed by atoms with van der Waals surface area (Å²) in [7, 11) is 0. The maximum absolute atomic E-state index is 6.52. The molecule has 1 unspecified atom stereocenters. The number of aromatic nitrogens is 2. The van der Waals surface area contributed by atoms with E-state index in [0.717, 1.165) is 62.4 Å². The molecule has 1 fully saturated rings. The quantitative estimate of drug-likeness (QED) is 0.468. The van der Waals surface area contributed by atoms with Gasteiger partial charge in [-0.2, -0.15) is 0 Å². The molecule has 1 N–H and O–H groups in total. The number of likely N-dealkylation sites (tertiary alicyclic amines) is 1. The molecule has 0 radical (unpaired) electrons. The van der Waals surface area contributed by atoms with Gasteiger partial charge < -0.3 is 9.72 Å². The van der Waals surface area contributed by atoms with Crippen LogP contribution in [-0.2, 0) is 22.3 Å². The number of nitrogens with one attached hydrogen (secondary N) is 1. The van der Waals surface area contributed by atoms with E-state index in [2.05, 4.69) is 87.0 Å². The monoisotopic (exact) mass is 433 g/mol. The fourth-order valence-corrected chi connectivity index (χ4v) is 4.89. The van der Waals surface area contributed by atoms with Gasteiger partial charge in [0, 0.05) is 13.2 Å². The molecule has 172 valence electrons. The molecule has 1 aliphatic rings. The Hall–Kier alpha value is -2.17. The Bertz CT molecular complexity index is 976. The summed E-state index contributed by atoms with van der Waals surface area (Å²) in [5, 5.41) is 0. The number of imidazole rings is 1. The van der Waals surface area contributed by atoms with Crippen molar-refractivity contribution in [3.05, 3.63) is 65.5 Å². The zero-order chi connectivity index (χ0) is 22.8. The van der Waals surface area contributed by atoms with Crippen LogP contribution in [0.5, 0.6) is 0 Å². The minimum atomic E-state index is -0.379. The van der Waals surface area contributed by atoms with Gasteiger partial charge in [-0.3, -0.25) is 4.90 Å². The van der Waals surface area contributed by atoms with E-state index in [1.807, 2.05) is 6.07 Å². The number of piperidine rings is 1. The zero-order valence-electron chi connectivity index (χ0n) is 20.4. The summed E-state index contributed by atoms with van der Waals surface area (Å²) in [6.45, 7) is 15.2. The molecule has 1 atom stereocenters. The number of para-hydroxylation sites is 2. The first-order valence-corrected chi connectivity index (χ1v) is 12.2. The lowest BCUT2D eigenvalue weighted by atomic mass is 9.80. The van der Waals surface area contributed by atoms with Crippen LogP contribution in [0.1, 0.15) is 70.8 Å². The third kappa shape index (κ3) is 4.92. The number of fused-ring (bicyclic) bond motifs is 1. The predicted octanol–water partition coefficient (Wildman–Crippen LogP) is 6.41. The maximum Gasteiger partial charge on any atom is 0.139 e. The van der Waals surface area contributed by atoms with E-state index in [9.17, 15) is 0 Å². The summed E-state index contributed by atoms with van der Waals surface area (Å²) in [5.74, 6) is 1.43. The van der Waals surface area contributed by atoms with E-state index in [0.29, 0.717) is 5.92 Å². The van der Waals surface area contributed by atoms with Crippen LogP contribution in [0.4, 0.5) is 0 Å². The first-order chi connectivity index (χ1) is 15.3. The smallest absolute Gasteiger partial charge is 0.139 e. The lowest BCUT2D eigenvalue weighted by molar-refractivity contribution is -0.101. The lowest BCUT2D eigenvalue weighted by Gasteiger charge is -2.41. The second-order valence-electron chi connectivity index (χ2n) is 10.6. The first kappa shape index (κ1) is 23.0. The molecule has 1 aromatic heterocycles. The largest absolute Gasteiger partial charge is 0.367 e. The Morgan fingerprint density at radius 1 is 1.00 bits per heavy atom. The van der Waals surface area contributed by atoms with Crippen molar-refractivity contribution in [1.82, 2.24) is 14.9 Å². The Balaban J connectivity index is 1.44. The third-order valence-electron chi connectivity index (χ3n) is 7.06. The van der Waals surface area contributed by atoms with Crippen LogP contribution in [0, 0.1) is 5.92 Å². The number of hydrogen-bond donors (Lipinski definition) is 1. The Kier molecular flexibility index (Phi) is 6.73. The van der Waals surface area contributed by atoms with Crippen LogP contribution in [0.25, 0.3) is 11.0 Å². The Morgan fingerprint density at radius 3 is 2.31 bits per heavy atom. The molecule has 2 heterocycles. The predicted molar refractivity (Wildman–Crippen MR) is 133 cm³/mol. The van der Waals surface area contributed by atoms with E-state index in [-0.39, 0.29) is 11.0 Å². The van der Waals surface area contributed by atoms with Crippen molar-refractivity contribution < 1.29 is 4.74 Å². The maximum atomic E-state index is 6.52. The molecular weight excluding hydrogens is 394 g/mol. The average Bonchev–Trinajstić information content (AvgIpc) is 3.23. The van der Waals surface area contributed by atoms with Gasteiger partial charge in [0.1, 0.15) is 11.4 Å². The fraction of sp³-hybridized carbons (Fsp3) is 0.536. The molecule has 1 aliphatic heterocycles. The molecule has 0 bridgehead atoms. The fourth-order valence-electron chi connectivity index (χ4n) is 4.89. The second-order valence-corrected chi connectivity index (χ2v) is 10.6. The van der Waals surface area contributed by atoms with Crippen molar-refractivity contribution in [3.8, 4) is 0 Å². The molecule has 0 amide bonds. The van der Waals surface area contributed by atoms with E-state index < -0.39 is 0 Å². The van der Waals surface area contributed by atoms with E-state index in [1.165, 1.54) is 11.1 Å². The van der Waals surface area contributed by atoms with Crippen molar-refractivity contribution in [2.24, 2.45) is 5.92 Å². The molecular formula is C28H39N3O. The van der Waals surface area contributed by atoms with Crippen molar-refractivity contribution in [2.75, 3.05) is 19.7 Å². The number of hydrogen-bond acceptors (Lipinski definition) is 3. The highest BCUT2D eigenvalue weighted by molar-refractivity contribution is 5.74. The Morgan fingerprint density at radius 2 is 1.69 bits per heavy atom. The van der Waals surface area contributed by atoms with Crippen LogP contribution < -0.4 is 0 Å². The van der Waals surface area contributed by atoms with Crippen LogP contribution in [0.15, 0.2) is 48.5 Å². The van der Waals surface area contributed by atoms with Gasteiger partial charge in [-0.05, 0) is 73.9 Å². The number of aromatic amines is 1. The highest BCUT2D eigenvalue weighted by atomic mass is 16.5. The zero-order valence-corrected chi connectivity index (χ0v) is 20.4. The number of H-pyrrole nitrogens is 1. The molecule has 4 nitrogen and oxygen atoms in total. The summed E-state index contributed by atoms with van der Waals surface area (Å²) in [5.41, 5.74) is 4.73. The van der Waals surface area contributed by atoms with Gasteiger partial charge in [0.25, 0.3) is 0 Å². The normalized spacial score (nSPS) is 18.2. The molecule has 3 aromatic rings. The number of benzene rings is 2. The van der Waals surface area contributed by atoms with Gasteiger partial charge in [-0.25, -0.2) is 4.98 Å². The van der Waals surface area contributed by atoms with Gasteiger partial charge in [-0.15, -0.1) is 0 Å². The molecule has 1 saturated heterocycles. The number of rotatable bonds is 7. The minimum absolute atomic E-state index is 0.205. The van der Waals surface area contributed by atoms with Crippen molar-refractivity contribution in [1.29, 1.82) is 0 Å². The molecule has 0 spiro atoms. The van der Waals surface area contributed by atoms with Crippen LogP contribution in [0.3, 0.4) is 0 Å². The van der Waals surface area contributed by atoms with Gasteiger partial charge in [0.15, 0.2) is 0 Å². The summed E-state index contributed by atoms with van der Waals surface area (Å²) in [6, 6.07) is 17.5. The summed E-state index contributed by atoms with van der Waals surface area (Å²) < 4.78 is 6.52. The van der Waals surface area contributed by atoms with E-state index in [1.54, 1.807) is 0 Å². The van der Waals surface area contributed by atoms with E-state index >= 15 is 0 Å². The standard InChI is InChI=1S/C28H39N3O/c1-6-19-32-28(5,26-29-24-9-7-8-10-25(24)30-26)23-15-17-31(18-16-23)20-21-11-13-22(14-12-21)27(2,3)4/h7-14,23H,6,15-20H2,1-5H3,(H,29,30). The highest BCUT2D eigenvalue weighted by Crippen LogP contribution is 2.39. The van der Waals surface area contributed by atoms with Crippen LogP contribution >= 0.6 is 0 Å². The molecule has 0 aliphatic carbocycles. The molecule has 4 rings (SSSR count). The minimum Gasteiger partial charge on any atom is -0.367 e.